The Labute approximate surface area is 155 Å². The molecule has 3 aliphatic rings. The highest BCUT2D eigenvalue weighted by Crippen LogP contribution is 2.49. The van der Waals surface area contributed by atoms with E-state index in [1.807, 2.05) is 0 Å². The molecule has 0 N–H and O–H groups in total. The molecule has 0 aliphatic heterocycles. The first kappa shape index (κ1) is 17.6. The van der Waals surface area contributed by atoms with Crippen molar-refractivity contribution in [2.75, 3.05) is 0 Å². The molecule has 0 radical (unpaired) electrons. The third-order valence-electron chi connectivity index (χ3n) is 7.88. The van der Waals surface area contributed by atoms with E-state index in [9.17, 15) is 0 Å². The van der Waals surface area contributed by atoms with Crippen molar-refractivity contribution < 1.29 is 0 Å². The van der Waals surface area contributed by atoms with Crippen LogP contribution in [0.1, 0.15) is 87.3 Å². The normalized spacial score (nSPS) is 33.8. The van der Waals surface area contributed by atoms with Crippen molar-refractivity contribution in [1.29, 1.82) is 0 Å². The van der Waals surface area contributed by atoms with Gasteiger partial charge in [0.1, 0.15) is 0 Å². The Hall–Kier alpha value is -0.780. The SMILES string of the molecule is Cc1cc(C)cc(CC2CCC3CCC(C4CCCCC4)CC3C2)c1. The molecule has 0 nitrogen and oxygen atoms in total. The van der Waals surface area contributed by atoms with Gasteiger partial charge in [-0.15, -0.1) is 0 Å². The fraction of sp³-hybridized carbons (Fsp3) is 0.760. The molecule has 0 saturated heterocycles. The zero-order valence-corrected chi connectivity index (χ0v) is 16.6. The quantitative estimate of drug-likeness (QED) is 0.544. The molecule has 3 saturated carbocycles. The van der Waals surface area contributed by atoms with Crippen LogP contribution in [-0.4, -0.2) is 0 Å². The average molecular weight is 339 g/mol. The van der Waals surface area contributed by atoms with Crippen LogP contribution in [0.25, 0.3) is 0 Å². The van der Waals surface area contributed by atoms with Gasteiger partial charge in [0.25, 0.3) is 0 Å². The monoisotopic (exact) mass is 338 g/mol. The molecule has 0 amide bonds. The summed E-state index contributed by atoms with van der Waals surface area (Å²) in [6.07, 6.45) is 18.2. The third kappa shape index (κ3) is 4.32. The van der Waals surface area contributed by atoms with E-state index in [0.29, 0.717) is 0 Å². The minimum atomic E-state index is 0.951. The Morgan fingerprint density at radius 1 is 0.640 bits per heavy atom. The van der Waals surface area contributed by atoms with Gasteiger partial charge in [-0.25, -0.2) is 0 Å². The summed E-state index contributed by atoms with van der Waals surface area (Å²) in [5.74, 6) is 5.27. The minimum Gasteiger partial charge on any atom is -0.0564 e. The molecule has 4 rings (SSSR count). The molecule has 25 heavy (non-hydrogen) atoms. The summed E-state index contributed by atoms with van der Waals surface area (Å²) in [6.45, 7) is 4.51. The van der Waals surface area contributed by atoms with Gasteiger partial charge in [0.15, 0.2) is 0 Å². The molecule has 4 unspecified atom stereocenters. The highest BCUT2D eigenvalue weighted by Gasteiger charge is 2.38. The number of fused-ring (bicyclic) bond motifs is 1. The van der Waals surface area contributed by atoms with Crippen molar-refractivity contribution in [3.63, 3.8) is 0 Å². The van der Waals surface area contributed by atoms with Gasteiger partial charge in [0.05, 0.1) is 0 Å². The largest absolute Gasteiger partial charge is 0.0564 e. The van der Waals surface area contributed by atoms with Gasteiger partial charge in [-0.05, 0) is 93.9 Å². The predicted octanol–water partition coefficient (Wildman–Crippen LogP) is 7.26. The van der Waals surface area contributed by atoms with E-state index in [1.54, 1.807) is 37.7 Å². The summed E-state index contributed by atoms with van der Waals surface area (Å²) in [5, 5.41) is 0. The first-order valence-corrected chi connectivity index (χ1v) is 11.2. The van der Waals surface area contributed by atoms with Crippen LogP contribution in [0.4, 0.5) is 0 Å². The molecular formula is C25H38. The maximum atomic E-state index is 2.44. The van der Waals surface area contributed by atoms with Crippen molar-refractivity contribution >= 4 is 0 Å². The number of benzene rings is 1. The van der Waals surface area contributed by atoms with Gasteiger partial charge in [-0.2, -0.15) is 0 Å². The van der Waals surface area contributed by atoms with Crippen molar-refractivity contribution in [3.05, 3.63) is 34.9 Å². The van der Waals surface area contributed by atoms with Crippen LogP contribution in [-0.2, 0) is 6.42 Å². The Morgan fingerprint density at radius 3 is 2.04 bits per heavy atom. The molecule has 4 atom stereocenters. The molecule has 0 heterocycles. The van der Waals surface area contributed by atoms with Crippen molar-refractivity contribution in [2.24, 2.45) is 29.6 Å². The lowest BCUT2D eigenvalue weighted by Gasteiger charge is -2.45. The lowest BCUT2D eigenvalue weighted by atomic mass is 9.61. The van der Waals surface area contributed by atoms with Gasteiger partial charge < -0.3 is 0 Å². The Morgan fingerprint density at radius 2 is 1.28 bits per heavy atom. The lowest BCUT2D eigenvalue weighted by Crippen LogP contribution is -2.34. The summed E-state index contributed by atoms with van der Waals surface area (Å²) >= 11 is 0. The first-order valence-electron chi connectivity index (χ1n) is 11.2. The Balaban J connectivity index is 1.36. The number of aryl methyl sites for hydroxylation is 2. The Kier molecular flexibility index (Phi) is 5.53. The number of hydrogen-bond donors (Lipinski definition) is 0. The van der Waals surface area contributed by atoms with Crippen LogP contribution < -0.4 is 0 Å². The maximum Gasteiger partial charge on any atom is -0.0250 e. The van der Waals surface area contributed by atoms with Crippen LogP contribution in [0.15, 0.2) is 18.2 Å². The van der Waals surface area contributed by atoms with Crippen LogP contribution in [0, 0.1) is 43.4 Å². The fourth-order valence-electron chi connectivity index (χ4n) is 6.77. The van der Waals surface area contributed by atoms with Crippen molar-refractivity contribution in [3.8, 4) is 0 Å². The Bertz CT molecular complexity index is 545. The summed E-state index contributed by atoms with van der Waals surface area (Å²) in [6, 6.07) is 7.19. The van der Waals surface area contributed by atoms with E-state index < -0.39 is 0 Å². The topological polar surface area (TPSA) is 0 Å². The summed E-state index contributed by atoms with van der Waals surface area (Å²) in [4.78, 5) is 0. The second-order valence-electron chi connectivity index (χ2n) is 9.87. The molecule has 3 fully saturated rings. The van der Waals surface area contributed by atoms with Crippen molar-refractivity contribution in [2.45, 2.75) is 90.9 Å². The molecule has 1 aromatic rings. The van der Waals surface area contributed by atoms with E-state index in [0.717, 1.165) is 29.6 Å². The molecule has 3 aliphatic carbocycles. The van der Waals surface area contributed by atoms with E-state index >= 15 is 0 Å². The molecule has 0 spiro atoms. The maximum absolute atomic E-state index is 2.44. The van der Waals surface area contributed by atoms with Crippen LogP contribution in [0.5, 0.6) is 0 Å². The zero-order chi connectivity index (χ0) is 17.2. The molecule has 0 aromatic heterocycles. The third-order valence-corrected chi connectivity index (χ3v) is 7.88. The number of rotatable bonds is 3. The molecular weight excluding hydrogens is 300 g/mol. The molecule has 0 heteroatoms. The number of hydrogen-bond acceptors (Lipinski definition) is 0. The van der Waals surface area contributed by atoms with Crippen molar-refractivity contribution in [1.82, 2.24) is 0 Å². The predicted molar refractivity (Wildman–Crippen MR) is 108 cm³/mol. The van der Waals surface area contributed by atoms with Gasteiger partial charge >= 0.3 is 0 Å². The smallest absolute Gasteiger partial charge is 0.0250 e. The van der Waals surface area contributed by atoms with Crippen LogP contribution in [0.2, 0.25) is 0 Å². The van der Waals surface area contributed by atoms with E-state index in [-0.39, 0.29) is 0 Å². The molecule has 0 bridgehead atoms. The van der Waals surface area contributed by atoms with Crippen LogP contribution >= 0.6 is 0 Å². The standard InChI is InChI=1S/C25H38/c1-18-12-19(2)14-21(13-18)15-20-8-9-23-10-11-24(17-25(23)16-20)22-6-4-3-5-7-22/h12-14,20,22-25H,3-11,15-17H2,1-2H3. The second kappa shape index (κ2) is 7.85. The fourth-order valence-corrected chi connectivity index (χ4v) is 6.77. The minimum absolute atomic E-state index is 0.951. The summed E-state index contributed by atoms with van der Waals surface area (Å²) in [7, 11) is 0. The van der Waals surface area contributed by atoms with E-state index in [4.69, 9.17) is 0 Å². The highest BCUT2D eigenvalue weighted by molar-refractivity contribution is 5.28. The first-order chi connectivity index (χ1) is 12.2. The van der Waals surface area contributed by atoms with Gasteiger partial charge in [0.2, 0.25) is 0 Å². The lowest BCUT2D eigenvalue weighted by molar-refractivity contribution is 0.0650. The van der Waals surface area contributed by atoms with Gasteiger partial charge in [-0.3, -0.25) is 0 Å². The van der Waals surface area contributed by atoms with Gasteiger partial charge in [0, 0.05) is 0 Å². The molecule has 138 valence electrons. The van der Waals surface area contributed by atoms with Gasteiger partial charge in [-0.1, -0.05) is 61.4 Å². The van der Waals surface area contributed by atoms with Crippen LogP contribution in [0.3, 0.4) is 0 Å². The van der Waals surface area contributed by atoms with E-state index in [1.165, 1.54) is 56.1 Å². The average Bonchev–Trinajstić information content (AvgIpc) is 2.61. The zero-order valence-electron chi connectivity index (χ0n) is 16.6. The summed E-state index contributed by atoms with van der Waals surface area (Å²) < 4.78 is 0. The second-order valence-corrected chi connectivity index (χ2v) is 9.87. The highest BCUT2D eigenvalue weighted by atomic mass is 14.4. The molecule has 1 aromatic carbocycles. The van der Waals surface area contributed by atoms with E-state index in [2.05, 4.69) is 32.0 Å². The summed E-state index contributed by atoms with van der Waals surface area (Å²) in [5.41, 5.74) is 4.48.